The fourth-order valence-electron chi connectivity index (χ4n) is 4.47. The Bertz CT molecular complexity index is 1170. The van der Waals surface area contributed by atoms with Crippen LogP contribution in [-0.2, 0) is 38.3 Å². The molecule has 0 aromatic heterocycles. The van der Waals surface area contributed by atoms with E-state index in [-0.39, 0.29) is 25.0 Å². The van der Waals surface area contributed by atoms with Gasteiger partial charge in [0.1, 0.15) is 12.2 Å². The molecule has 0 saturated heterocycles. The summed E-state index contributed by atoms with van der Waals surface area (Å²) in [5.41, 5.74) is -4.04. The summed E-state index contributed by atoms with van der Waals surface area (Å²) in [7, 11) is 1.21. The Balaban J connectivity index is 2.66. The number of ether oxygens (including phenoxy) is 2. The minimum absolute atomic E-state index is 0.183. The van der Waals surface area contributed by atoms with Crippen LogP contribution in [0.25, 0.3) is 0 Å². The van der Waals surface area contributed by atoms with E-state index in [9.17, 15) is 32.7 Å². The number of carbonyl (C=O) groups excluding carboxylic acids is 3. The number of carboxylic acids is 1. The predicted octanol–water partition coefficient (Wildman–Crippen LogP) is 5.40. The molecule has 2 rings (SSSR count). The Morgan fingerprint density at radius 2 is 1.43 bits per heavy atom. The number of nitrogens with zero attached hydrogens (tertiary/aromatic N) is 1. The molecule has 0 aliphatic carbocycles. The van der Waals surface area contributed by atoms with Crippen LogP contribution in [0.1, 0.15) is 64.7 Å². The molecule has 0 aliphatic rings. The molecule has 2 aromatic rings. The van der Waals surface area contributed by atoms with Gasteiger partial charge in [-0.1, -0.05) is 63.2 Å². The smallest absolute Gasteiger partial charge is 0.416 e. The van der Waals surface area contributed by atoms with Gasteiger partial charge in [-0.15, -0.1) is 0 Å². The highest BCUT2D eigenvalue weighted by Crippen LogP contribution is 2.40. The molecule has 0 saturated carbocycles. The van der Waals surface area contributed by atoms with E-state index in [0.29, 0.717) is 5.56 Å². The molecule has 1 amide bonds. The fraction of sp³-hybridized carbons (Fsp3) is 0.500. The quantitative estimate of drug-likeness (QED) is 0.379. The molecule has 0 fully saturated rings. The number of hydrogen-bond donors (Lipinski definition) is 0. The standard InChI is InChI=1S/C30H38F3NO6/c1-27(2,3)19-29(25(36)37,34(7)26(38)40-28(4,5)6)23(24(35)39-18-21-11-9-8-10-12-21)17-20-13-15-22(16-14-20)30(31,32)33/h8-16,23H,17-19H2,1-7H3,(H,36,37)/p-1/t23-,29-/m0/s1. The zero-order valence-corrected chi connectivity index (χ0v) is 23.9. The molecule has 0 aliphatic heterocycles. The van der Waals surface area contributed by atoms with Gasteiger partial charge in [0.05, 0.1) is 23.0 Å². The number of carboxylic acid groups (broad SMARTS) is 1. The molecule has 0 N–H and O–H groups in total. The summed E-state index contributed by atoms with van der Waals surface area (Å²) < 4.78 is 50.5. The van der Waals surface area contributed by atoms with Gasteiger partial charge >= 0.3 is 18.2 Å². The lowest BCUT2D eigenvalue weighted by Gasteiger charge is -2.49. The van der Waals surface area contributed by atoms with Gasteiger partial charge in [0, 0.05) is 7.05 Å². The van der Waals surface area contributed by atoms with E-state index in [0.717, 1.165) is 17.0 Å². The second-order valence-corrected chi connectivity index (χ2v) is 12.0. The third-order valence-electron chi connectivity index (χ3n) is 6.23. The average Bonchev–Trinajstić information content (AvgIpc) is 2.82. The lowest BCUT2D eigenvalue weighted by Crippen LogP contribution is -2.68. The molecule has 0 unspecified atom stereocenters. The second-order valence-electron chi connectivity index (χ2n) is 12.0. The zero-order chi connectivity index (χ0) is 30.5. The summed E-state index contributed by atoms with van der Waals surface area (Å²) in [4.78, 5) is 40.9. The molecule has 2 aromatic carbocycles. The van der Waals surface area contributed by atoms with E-state index in [1.54, 1.807) is 71.9 Å². The molecule has 0 heterocycles. The van der Waals surface area contributed by atoms with Crippen molar-refractivity contribution in [3.8, 4) is 0 Å². The fourth-order valence-corrected chi connectivity index (χ4v) is 4.47. The van der Waals surface area contributed by atoms with Crippen molar-refractivity contribution in [2.45, 2.75) is 78.3 Å². The van der Waals surface area contributed by atoms with Crippen molar-refractivity contribution in [1.82, 2.24) is 4.90 Å². The maximum atomic E-state index is 13.7. The number of aliphatic carboxylic acids is 1. The first kappa shape index (κ1) is 32.7. The average molecular weight is 565 g/mol. The Hall–Kier alpha value is -3.56. The van der Waals surface area contributed by atoms with Gasteiger partial charge in [-0.25, -0.2) is 4.79 Å². The topological polar surface area (TPSA) is 96.0 Å². The van der Waals surface area contributed by atoms with Gasteiger partial charge in [0.25, 0.3) is 0 Å². The third kappa shape index (κ3) is 8.72. The minimum Gasteiger partial charge on any atom is -0.548 e. The number of esters is 1. The SMILES string of the molecule is CN(C(=O)OC(C)(C)C)[C@](CC(C)(C)C)(C(=O)[O-])[C@@H](Cc1ccc(C(F)(F)F)cc1)C(=O)OCc1ccccc1. The van der Waals surface area contributed by atoms with Crippen LogP contribution < -0.4 is 5.11 Å². The molecule has 2 atom stereocenters. The largest absolute Gasteiger partial charge is 0.548 e. The summed E-state index contributed by atoms with van der Waals surface area (Å²) in [5, 5.41) is 13.1. The number of rotatable bonds is 9. The highest BCUT2D eigenvalue weighted by atomic mass is 19.4. The van der Waals surface area contributed by atoms with Gasteiger partial charge in [-0.05, 0) is 62.3 Å². The summed E-state index contributed by atoms with van der Waals surface area (Å²) in [6, 6.07) is 12.7. The lowest BCUT2D eigenvalue weighted by atomic mass is 9.69. The molecule has 10 heteroatoms. The summed E-state index contributed by atoms with van der Waals surface area (Å²) in [5.74, 6) is -4.23. The minimum atomic E-state index is -4.58. The van der Waals surface area contributed by atoms with Crippen molar-refractivity contribution in [3.63, 3.8) is 0 Å². The molecule has 40 heavy (non-hydrogen) atoms. The van der Waals surface area contributed by atoms with Crippen LogP contribution in [0.4, 0.5) is 18.0 Å². The van der Waals surface area contributed by atoms with Crippen LogP contribution in [0.15, 0.2) is 54.6 Å². The van der Waals surface area contributed by atoms with Crippen molar-refractivity contribution in [2.75, 3.05) is 7.05 Å². The van der Waals surface area contributed by atoms with Crippen LogP contribution in [-0.4, -0.2) is 41.1 Å². The highest BCUT2D eigenvalue weighted by Gasteiger charge is 2.53. The Kier molecular flexibility index (Phi) is 10.0. The number of carbonyl (C=O) groups is 3. The van der Waals surface area contributed by atoms with Crippen molar-refractivity contribution in [3.05, 3.63) is 71.3 Å². The zero-order valence-electron chi connectivity index (χ0n) is 23.9. The molecule has 0 bridgehead atoms. The van der Waals surface area contributed by atoms with Crippen molar-refractivity contribution >= 4 is 18.0 Å². The summed E-state index contributed by atoms with van der Waals surface area (Å²) in [6.07, 6.45) is -6.17. The molecule has 0 radical (unpaired) electrons. The van der Waals surface area contributed by atoms with Crippen molar-refractivity contribution in [1.29, 1.82) is 0 Å². The number of halogens is 3. The maximum Gasteiger partial charge on any atom is 0.416 e. The number of benzene rings is 2. The molecular formula is C30H37F3NO6-. The molecular weight excluding hydrogens is 527 g/mol. The van der Waals surface area contributed by atoms with E-state index in [1.807, 2.05) is 0 Å². The molecule has 220 valence electrons. The predicted molar refractivity (Wildman–Crippen MR) is 141 cm³/mol. The summed E-state index contributed by atoms with van der Waals surface area (Å²) >= 11 is 0. The number of hydrogen-bond acceptors (Lipinski definition) is 6. The van der Waals surface area contributed by atoms with Gasteiger partial charge in [-0.2, -0.15) is 13.2 Å². The van der Waals surface area contributed by atoms with Crippen LogP contribution in [0.3, 0.4) is 0 Å². The van der Waals surface area contributed by atoms with E-state index in [4.69, 9.17) is 9.47 Å². The lowest BCUT2D eigenvalue weighted by molar-refractivity contribution is -0.322. The normalized spacial score (nSPS) is 14.6. The van der Waals surface area contributed by atoms with E-state index in [1.165, 1.54) is 19.2 Å². The van der Waals surface area contributed by atoms with E-state index < -0.39 is 52.2 Å². The Morgan fingerprint density at radius 1 is 0.875 bits per heavy atom. The number of amides is 1. The first-order valence-corrected chi connectivity index (χ1v) is 12.8. The highest BCUT2D eigenvalue weighted by molar-refractivity contribution is 5.90. The maximum absolute atomic E-state index is 13.7. The first-order valence-electron chi connectivity index (χ1n) is 12.8. The van der Waals surface area contributed by atoms with Crippen LogP contribution in [0.2, 0.25) is 0 Å². The monoisotopic (exact) mass is 564 g/mol. The molecule has 7 nitrogen and oxygen atoms in total. The number of likely N-dealkylation sites (N-methyl/N-ethyl adjacent to an activating group) is 1. The Labute approximate surface area is 233 Å². The molecule has 0 spiro atoms. The van der Waals surface area contributed by atoms with Crippen LogP contribution >= 0.6 is 0 Å². The first-order chi connectivity index (χ1) is 18.3. The van der Waals surface area contributed by atoms with E-state index >= 15 is 0 Å². The van der Waals surface area contributed by atoms with Crippen molar-refractivity contribution in [2.24, 2.45) is 11.3 Å². The second kappa shape index (κ2) is 12.3. The van der Waals surface area contributed by atoms with Crippen LogP contribution in [0, 0.1) is 11.3 Å². The third-order valence-corrected chi connectivity index (χ3v) is 6.23. The van der Waals surface area contributed by atoms with Crippen molar-refractivity contribution < 1.29 is 42.1 Å². The van der Waals surface area contributed by atoms with Gasteiger partial charge in [0.15, 0.2) is 0 Å². The van der Waals surface area contributed by atoms with Crippen LogP contribution in [0.5, 0.6) is 0 Å². The summed E-state index contributed by atoms with van der Waals surface area (Å²) in [6.45, 7) is 9.84. The van der Waals surface area contributed by atoms with E-state index in [2.05, 4.69) is 0 Å². The van der Waals surface area contributed by atoms with Gasteiger partial charge in [0.2, 0.25) is 0 Å². The number of alkyl halides is 3. The van der Waals surface area contributed by atoms with Gasteiger partial charge < -0.3 is 19.4 Å². The Morgan fingerprint density at radius 3 is 1.88 bits per heavy atom. The van der Waals surface area contributed by atoms with Gasteiger partial charge in [-0.3, -0.25) is 9.69 Å².